The molecule has 0 saturated carbocycles. The van der Waals surface area contributed by atoms with Crippen molar-refractivity contribution in [2.24, 2.45) is 0 Å². The van der Waals surface area contributed by atoms with E-state index in [2.05, 4.69) is 39.2 Å². The van der Waals surface area contributed by atoms with Gasteiger partial charge in [0.25, 0.3) is 0 Å². The number of carbonyl (C=O) groups excluding carboxylic acids is 2. The number of nitrogens with zero attached hydrogens (tertiary/aromatic N) is 2. The molecule has 2 heterocycles. The average molecular weight is 567 g/mol. The first-order valence-electron chi connectivity index (χ1n) is 14.4. The Balaban J connectivity index is 1.25. The maximum absolute atomic E-state index is 13.5. The summed E-state index contributed by atoms with van der Waals surface area (Å²) in [6.45, 7) is 5.40. The fourth-order valence-corrected chi connectivity index (χ4v) is 6.52. The van der Waals surface area contributed by atoms with Crippen LogP contribution in [0.5, 0.6) is 0 Å². The molecule has 9 heteroatoms. The van der Waals surface area contributed by atoms with Crippen LogP contribution < -0.4 is 10.0 Å². The van der Waals surface area contributed by atoms with Crippen molar-refractivity contribution in [3.8, 4) is 0 Å². The fraction of sp³-hybridized carbons (Fsp3) is 0.484. The minimum Gasteiger partial charge on any atom is -0.342 e. The van der Waals surface area contributed by atoms with Crippen molar-refractivity contribution in [3.05, 3.63) is 77.2 Å². The lowest BCUT2D eigenvalue weighted by molar-refractivity contribution is -0.161. The monoisotopic (exact) mass is 566 g/mol. The van der Waals surface area contributed by atoms with Crippen molar-refractivity contribution >= 4 is 27.9 Å². The molecule has 2 amide bonds. The SMILES string of the molecule is CCCN1C(=O)[C@H](CCCCNS(=O)(=O)C=Cc2ccccc2)NC(=O)C12CCN(CCc1ccccc1)CC2. The molecule has 0 aliphatic carbocycles. The number of rotatable bonds is 13. The van der Waals surface area contributed by atoms with E-state index in [1.807, 2.05) is 48.2 Å². The molecule has 2 aromatic carbocycles. The molecular weight excluding hydrogens is 524 g/mol. The van der Waals surface area contributed by atoms with Crippen LogP contribution in [0, 0.1) is 0 Å². The van der Waals surface area contributed by atoms with Crippen molar-refractivity contribution in [1.82, 2.24) is 19.8 Å². The number of likely N-dealkylation sites (tertiary alicyclic amines) is 1. The summed E-state index contributed by atoms with van der Waals surface area (Å²) < 4.78 is 27.1. The van der Waals surface area contributed by atoms with Gasteiger partial charge >= 0.3 is 0 Å². The highest BCUT2D eigenvalue weighted by Crippen LogP contribution is 2.34. The van der Waals surface area contributed by atoms with Gasteiger partial charge in [0.05, 0.1) is 0 Å². The van der Waals surface area contributed by atoms with E-state index in [0.29, 0.717) is 38.6 Å². The quantitative estimate of drug-likeness (QED) is 0.362. The molecule has 0 bridgehead atoms. The molecule has 1 spiro atoms. The molecule has 2 fully saturated rings. The van der Waals surface area contributed by atoms with E-state index < -0.39 is 21.6 Å². The number of sulfonamides is 1. The van der Waals surface area contributed by atoms with Crippen LogP contribution >= 0.6 is 0 Å². The van der Waals surface area contributed by atoms with Gasteiger partial charge in [-0.3, -0.25) is 9.59 Å². The summed E-state index contributed by atoms with van der Waals surface area (Å²) in [6, 6.07) is 19.1. The lowest BCUT2D eigenvalue weighted by atomic mass is 9.81. The number of hydrogen-bond acceptors (Lipinski definition) is 5. The van der Waals surface area contributed by atoms with Crippen molar-refractivity contribution in [3.63, 3.8) is 0 Å². The fourth-order valence-electron chi connectivity index (χ4n) is 5.66. The topological polar surface area (TPSA) is 98.8 Å². The third kappa shape index (κ3) is 7.80. The molecule has 2 aliphatic heterocycles. The molecule has 2 aromatic rings. The molecule has 8 nitrogen and oxygen atoms in total. The first-order chi connectivity index (χ1) is 19.3. The number of piperidine rings is 1. The smallest absolute Gasteiger partial charge is 0.246 e. The van der Waals surface area contributed by atoms with E-state index in [-0.39, 0.29) is 18.4 Å². The lowest BCUT2D eigenvalue weighted by Crippen LogP contribution is -2.72. The Labute approximate surface area is 238 Å². The Kier molecular flexibility index (Phi) is 10.5. The average Bonchev–Trinajstić information content (AvgIpc) is 2.97. The van der Waals surface area contributed by atoms with E-state index in [0.717, 1.165) is 38.0 Å². The highest BCUT2D eigenvalue weighted by molar-refractivity contribution is 7.92. The highest BCUT2D eigenvalue weighted by Gasteiger charge is 2.52. The molecule has 0 radical (unpaired) electrons. The van der Waals surface area contributed by atoms with Gasteiger partial charge < -0.3 is 15.1 Å². The molecule has 4 rings (SSSR count). The van der Waals surface area contributed by atoms with E-state index in [1.165, 1.54) is 11.0 Å². The van der Waals surface area contributed by atoms with Crippen LogP contribution in [0.3, 0.4) is 0 Å². The van der Waals surface area contributed by atoms with Crippen molar-refractivity contribution in [2.45, 2.75) is 63.5 Å². The van der Waals surface area contributed by atoms with Gasteiger partial charge in [-0.05, 0) is 62.1 Å². The van der Waals surface area contributed by atoms with Gasteiger partial charge in [0, 0.05) is 38.1 Å². The Morgan fingerprint density at radius 3 is 2.33 bits per heavy atom. The van der Waals surface area contributed by atoms with Crippen LogP contribution in [-0.2, 0) is 26.0 Å². The largest absolute Gasteiger partial charge is 0.342 e. The maximum atomic E-state index is 13.5. The summed E-state index contributed by atoms with van der Waals surface area (Å²) in [5.41, 5.74) is 1.35. The standard InChI is InChI=1S/C31H42N4O4S/c1-2-21-35-29(36)28(15-9-10-20-32-40(38,39)25-17-27-13-7-4-8-14-27)33-30(37)31(35)18-23-34(24-19-31)22-16-26-11-5-3-6-12-26/h3-8,11-14,17,25,28,32H,2,9-10,15-16,18-24H2,1H3,(H,33,37)/t28-/m0/s1. The molecule has 2 saturated heterocycles. The molecule has 0 unspecified atom stereocenters. The first kappa shape index (κ1) is 30.0. The number of nitrogens with one attached hydrogen (secondary N) is 2. The van der Waals surface area contributed by atoms with Crippen LogP contribution in [0.25, 0.3) is 6.08 Å². The summed E-state index contributed by atoms with van der Waals surface area (Å²) in [4.78, 5) is 31.3. The molecule has 0 aromatic heterocycles. The van der Waals surface area contributed by atoms with Crippen LogP contribution in [0.2, 0.25) is 0 Å². The van der Waals surface area contributed by atoms with Crippen LogP contribution in [-0.4, -0.2) is 74.3 Å². The van der Waals surface area contributed by atoms with Gasteiger partial charge in [-0.1, -0.05) is 67.6 Å². The van der Waals surface area contributed by atoms with E-state index in [4.69, 9.17) is 0 Å². The zero-order valence-corrected chi connectivity index (χ0v) is 24.2. The molecule has 2 aliphatic rings. The van der Waals surface area contributed by atoms with Gasteiger partial charge in [0.2, 0.25) is 21.8 Å². The minimum absolute atomic E-state index is 0.00874. The van der Waals surface area contributed by atoms with Crippen LogP contribution in [0.1, 0.15) is 56.6 Å². The normalized spacial score (nSPS) is 19.8. The number of carbonyl (C=O) groups is 2. The summed E-state index contributed by atoms with van der Waals surface area (Å²) in [6.07, 6.45) is 6.31. The molecular formula is C31H42N4O4S. The highest BCUT2D eigenvalue weighted by atomic mass is 32.2. The van der Waals surface area contributed by atoms with Gasteiger partial charge in [-0.15, -0.1) is 0 Å². The molecule has 2 N–H and O–H groups in total. The molecule has 40 heavy (non-hydrogen) atoms. The minimum atomic E-state index is -3.54. The molecule has 1 atom stereocenters. The second-order valence-corrected chi connectivity index (χ2v) is 12.4. The summed E-state index contributed by atoms with van der Waals surface area (Å²) in [5, 5.41) is 4.20. The zero-order chi connectivity index (χ0) is 28.4. The number of amides is 2. The number of hydrogen-bond donors (Lipinski definition) is 2. The van der Waals surface area contributed by atoms with E-state index in [1.54, 1.807) is 6.08 Å². The van der Waals surface area contributed by atoms with Gasteiger partial charge in [-0.2, -0.15) is 0 Å². The third-order valence-corrected chi connectivity index (χ3v) is 9.06. The van der Waals surface area contributed by atoms with Crippen molar-refractivity contribution in [2.75, 3.05) is 32.7 Å². The second kappa shape index (κ2) is 14.1. The Morgan fingerprint density at radius 2 is 1.65 bits per heavy atom. The Hall–Kier alpha value is -3.01. The Bertz CT molecular complexity index is 1240. The zero-order valence-electron chi connectivity index (χ0n) is 23.4. The van der Waals surface area contributed by atoms with E-state index in [9.17, 15) is 18.0 Å². The summed E-state index contributed by atoms with van der Waals surface area (Å²) >= 11 is 0. The third-order valence-electron chi connectivity index (χ3n) is 7.96. The predicted octanol–water partition coefficient (Wildman–Crippen LogP) is 3.56. The second-order valence-electron chi connectivity index (χ2n) is 10.8. The maximum Gasteiger partial charge on any atom is 0.246 e. The number of unbranched alkanes of at least 4 members (excludes halogenated alkanes) is 1. The number of piperazine rings is 1. The van der Waals surface area contributed by atoms with E-state index >= 15 is 0 Å². The summed E-state index contributed by atoms with van der Waals surface area (Å²) in [5.74, 6) is -0.0504. The molecule has 216 valence electrons. The van der Waals surface area contributed by atoms with Gasteiger partial charge in [0.1, 0.15) is 11.6 Å². The Morgan fingerprint density at radius 1 is 0.975 bits per heavy atom. The van der Waals surface area contributed by atoms with Gasteiger partial charge in [0.15, 0.2) is 0 Å². The van der Waals surface area contributed by atoms with Crippen molar-refractivity contribution in [1.29, 1.82) is 0 Å². The first-order valence-corrected chi connectivity index (χ1v) is 16.0. The lowest BCUT2D eigenvalue weighted by Gasteiger charge is -2.51. The van der Waals surface area contributed by atoms with Crippen molar-refractivity contribution < 1.29 is 18.0 Å². The van der Waals surface area contributed by atoms with Crippen LogP contribution in [0.15, 0.2) is 66.1 Å². The predicted molar refractivity (Wildman–Crippen MR) is 159 cm³/mol. The van der Waals surface area contributed by atoms with Gasteiger partial charge in [-0.25, -0.2) is 13.1 Å². The van der Waals surface area contributed by atoms with Crippen LogP contribution in [0.4, 0.5) is 0 Å². The number of benzene rings is 2. The summed E-state index contributed by atoms with van der Waals surface area (Å²) in [7, 11) is -3.54.